The van der Waals surface area contributed by atoms with Crippen molar-refractivity contribution in [2.45, 2.75) is 63.8 Å². The van der Waals surface area contributed by atoms with Crippen molar-refractivity contribution in [2.24, 2.45) is 5.92 Å². The summed E-state index contributed by atoms with van der Waals surface area (Å²) in [5.74, 6) is 0.815. The van der Waals surface area contributed by atoms with E-state index < -0.39 is 0 Å². The summed E-state index contributed by atoms with van der Waals surface area (Å²) in [4.78, 5) is 15.1. The monoisotopic (exact) mass is 326 g/mol. The minimum atomic E-state index is 0.116. The van der Waals surface area contributed by atoms with Gasteiger partial charge in [-0.2, -0.15) is 0 Å². The zero-order valence-electron chi connectivity index (χ0n) is 14.7. The van der Waals surface area contributed by atoms with E-state index in [1.54, 1.807) is 0 Å². The molecule has 0 unspecified atom stereocenters. The summed E-state index contributed by atoms with van der Waals surface area (Å²) in [6, 6.07) is 7.21. The molecule has 1 aromatic carbocycles. The molecule has 3 aliphatic rings. The first-order valence-electron chi connectivity index (χ1n) is 9.93. The second-order valence-electron chi connectivity index (χ2n) is 7.96. The normalized spacial score (nSPS) is 22.7. The summed E-state index contributed by atoms with van der Waals surface area (Å²) in [5.41, 5.74) is 3.69. The van der Waals surface area contributed by atoms with Crippen LogP contribution >= 0.6 is 0 Å². The highest BCUT2D eigenvalue weighted by molar-refractivity contribution is 5.94. The van der Waals surface area contributed by atoms with Crippen LogP contribution in [0.2, 0.25) is 0 Å². The van der Waals surface area contributed by atoms with Gasteiger partial charge in [0.1, 0.15) is 0 Å². The Balaban J connectivity index is 1.38. The maximum absolute atomic E-state index is 12.5. The molecule has 0 radical (unpaired) electrons. The molecule has 2 saturated carbocycles. The average molecular weight is 326 g/mol. The Hall–Kier alpha value is -1.35. The van der Waals surface area contributed by atoms with Crippen molar-refractivity contribution in [3.63, 3.8) is 0 Å². The van der Waals surface area contributed by atoms with E-state index in [0.717, 1.165) is 37.5 Å². The van der Waals surface area contributed by atoms with Gasteiger partial charge < -0.3 is 5.32 Å². The Morgan fingerprint density at radius 3 is 2.46 bits per heavy atom. The number of rotatable bonds is 4. The van der Waals surface area contributed by atoms with E-state index >= 15 is 0 Å². The highest BCUT2D eigenvalue weighted by Gasteiger charge is 2.26. The molecular formula is C21H30N2O. The first-order chi connectivity index (χ1) is 11.8. The van der Waals surface area contributed by atoms with Gasteiger partial charge in [0.2, 0.25) is 0 Å². The van der Waals surface area contributed by atoms with E-state index in [4.69, 9.17) is 0 Å². The molecule has 0 aromatic heterocycles. The maximum atomic E-state index is 12.5. The lowest BCUT2D eigenvalue weighted by Crippen LogP contribution is -2.41. The fraction of sp³-hybridized carbons (Fsp3) is 0.667. The molecule has 1 amide bonds. The van der Waals surface area contributed by atoms with Crippen molar-refractivity contribution in [2.75, 3.05) is 19.6 Å². The molecule has 1 aliphatic heterocycles. The number of hydrogen-bond acceptors (Lipinski definition) is 2. The van der Waals surface area contributed by atoms with Gasteiger partial charge in [0, 0.05) is 31.2 Å². The number of carbonyl (C=O) groups is 1. The molecule has 3 nitrogen and oxygen atoms in total. The Labute approximate surface area is 145 Å². The van der Waals surface area contributed by atoms with Crippen molar-refractivity contribution in [1.29, 1.82) is 0 Å². The average Bonchev–Trinajstić information content (AvgIpc) is 2.99. The van der Waals surface area contributed by atoms with Crippen LogP contribution in [0.5, 0.6) is 0 Å². The van der Waals surface area contributed by atoms with Crippen molar-refractivity contribution >= 4 is 5.91 Å². The minimum absolute atomic E-state index is 0.116. The van der Waals surface area contributed by atoms with Gasteiger partial charge in [0.25, 0.3) is 5.91 Å². The van der Waals surface area contributed by atoms with E-state index in [-0.39, 0.29) is 5.91 Å². The number of nitrogens with zero attached hydrogens (tertiary/aromatic N) is 1. The Morgan fingerprint density at radius 2 is 1.75 bits per heavy atom. The second kappa shape index (κ2) is 7.26. The van der Waals surface area contributed by atoms with Gasteiger partial charge in [0.15, 0.2) is 0 Å². The number of carbonyl (C=O) groups excluding carboxylic acids is 1. The third-order valence-electron chi connectivity index (χ3n) is 6.42. The molecule has 2 fully saturated rings. The lowest BCUT2D eigenvalue weighted by molar-refractivity contribution is 0.0947. The summed E-state index contributed by atoms with van der Waals surface area (Å²) < 4.78 is 0. The highest BCUT2D eigenvalue weighted by atomic mass is 16.1. The van der Waals surface area contributed by atoms with E-state index in [2.05, 4.69) is 22.3 Å². The van der Waals surface area contributed by atoms with Crippen LogP contribution in [0.4, 0.5) is 0 Å². The largest absolute Gasteiger partial charge is 0.352 e. The molecule has 3 heteroatoms. The number of hydrogen-bond donors (Lipinski definition) is 1. The van der Waals surface area contributed by atoms with Crippen LogP contribution in [0.15, 0.2) is 18.2 Å². The fourth-order valence-electron chi connectivity index (χ4n) is 4.55. The first kappa shape index (κ1) is 16.1. The molecule has 4 rings (SSSR count). The molecule has 0 saturated heterocycles. The standard InChI is InChI=1S/C21H30N2O/c24-21(22-15-16-4-1-2-5-16)19-9-8-17-10-12-23(20-6-3-7-20)13-11-18(17)14-19/h8-9,14,16,20H,1-7,10-13,15H2,(H,22,24). The van der Waals surface area contributed by atoms with Gasteiger partial charge in [-0.25, -0.2) is 0 Å². The van der Waals surface area contributed by atoms with E-state index in [9.17, 15) is 4.79 Å². The van der Waals surface area contributed by atoms with E-state index in [1.807, 2.05) is 6.07 Å². The van der Waals surface area contributed by atoms with Gasteiger partial charge in [-0.1, -0.05) is 25.3 Å². The van der Waals surface area contributed by atoms with Crippen LogP contribution in [0, 0.1) is 5.92 Å². The first-order valence-corrected chi connectivity index (χ1v) is 9.93. The van der Waals surface area contributed by atoms with E-state index in [1.165, 1.54) is 62.6 Å². The van der Waals surface area contributed by atoms with Gasteiger partial charge in [-0.15, -0.1) is 0 Å². The van der Waals surface area contributed by atoms with Gasteiger partial charge in [-0.05, 0) is 67.7 Å². The zero-order valence-corrected chi connectivity index (χ0v) is 14.7. The third-order valence-corrected chi connectivity index (χ3v) is 6.42. The molecular weight excluding hydrogens is 296 g/mol. The fourth-order valence-corrected chi connectivity index (χ4v) is 4.55. The number of nitrogens with one attached hydrogen (secondary N) is 1. The summed E-state index contributed by atoms with van der Waals surface area (Å²) in [6.07, 6.45) is 11.6. The Bertz CT molecular complexity index is 588. The quantitative estimate of drug-likeness (QED) is 0.917. The summed E-state index contributed by atoms with van der Waals surface area (Å²) in [7, 11) is 0. The molecule has 1 N–H and O–H groups in total. The lowest BCUT2D eigenvalue weighted by Gasteiger charge is -2.36. The van der Waals surface area contributed by atoms with Crippen LogP contribution < -0.4 is 5.32 Å². The van der Waals surface area contributed by atoms with Crippen molar-refractivity contribution < 1.29 is 4.79 Å². The highest BCUT2D eigenvalue weighted by Crippen LogP contribution is 2.28. The topological polar surface area (TPSA) is 32.3 Å². The van der Waals surface area contributed by atoms with Crippen LogP contribution in [0.1, 0.15) is 66.4 Å². The summed E-state index contributed by atoms with van der Waals surface area (Å²) in [6.45, 7) is 3.20. The molecule has 0 spiro atoms. The van der Waals surface area contributed by atoms with Crippen LogP contribution in [-0.4, -0.2) is 36.5 Å². The van der Waals surface area contributed by atoms with Gasteiger partial charge in [-0.3, -0.25) is 9.69 Å². The molecule has 1 heterocycles. The lowest BCUT2D eigenvalue weighted by atomic mass is 9.91. The predicted molar refractivity (Wildman–Crippen MR) is 97.4 cm³/mol. The smallest absolute Gasteiger partial charge is 0.251 e. The van der Waals surface area contributed by atoms with Gasteiger partial charge >= 0.3 is 0 Å². The van der Waals surface area contributed by atoms with Crippen LogP contribution in [0.25, 0.3) is 0 Å². The minimum Gasteiger partial charge on any atom is -0.352 e. The third kappa shape index (κ3) is 3.51. The van der Waals surface area contributed by atoms with Gasteiger partial charge in [0.05, 0.1) is 0 Å². The SMILES string of the molecule is O=C(NCC1CCCC1)c1ccc2c(c1)CCN(C1CCC1)CC2. The van der Waals surface area contributed by atoms with Crippen LogP contribution in [0.3, 0.4) is 0 Å². The zero-order chi connectivity index (χ0) is 16.4. The molecule has 0 atom stereocenters. The molecule has 0 bridgehead atoms. The summed E-state index contributed by atoms with van der Waals surface area (Å²) in [5, 5.41) is 3.16. The molecule has 130 valence electrons. The number of benzene rings is 1. The van der Waals surface area contributed by atoms with E-state index in [0.29, 0.717) is 5.92 Å². The maximum Gasteiger partial charge on any atom is 0.251 e. The molecule has 24 heavy (non-hydrogen) atoms. The van der Waals surface area contributed by atoms with Crippen LogP contribution in [-0.2, 0) is 12.8 Å². The molecule has 2 aliphatic carbocycles. The number of amides is 1. The Morgan fingerprint density at radius 1 is 1.00 bits per heavy atom. The number of fused-ring (bicyclic) bond motifs is 1. The Kier molecular flexibility index (Phi) is 4.88. The van der Waals surface area contributed by atoms with Crippen molar-refractivity contribution in [3.8, 4) is 0 Å². The van der Waals surface area contributed by atoms with Crippen molar-refractivity contribution in [3.05, 3.63) is 34.9 Å². The second-order valence-corrected chi connectivity index (χ2v) is 7.96. The van der Waals surface area contributed by atoms with Crippen molar-refractivity contribution in [1.82, 2.24) is 10.2 Å². The summed E-state index contributed by atoms with van der Waals surface area (Å²) >= 11 is 0. The molecule has 1 aromatic rings. The predicted octanol–water partition coefficient (Wildman–Crippen LogP) is 3.56.